The summed E-state index contributed by atoms with van der Waals surface area (Å²) in [7, 11) is 0. The molecule has 1 heterocycles. The predicted molar refractivity (Wildman–Crippen MR) is 192 cm³/mol. The average molecular weight is 758 g/mol. The van der Waals surface area contributed by atoms with Crippen LogP contribution in [0.1, 0.15) is 55.4 Å². The fourth-order valence-electron chi connectivity index (χ4n) is 6.92. The molecule has 0 saturated carbocycles. The molecule has 1 amide bonds. The van der Waals surface area contributed by atoms with Crippen molar-refractivity contribution in [3.8, 4) is 23.0 Å². The van der Waals surface area contributed by atoms with E-state index in [0.717, 1.165) is 30.6 Å². The number of phenols is 3. The minimum atomic E-state index is -4.04. The number of carbonyl (C=O) groups excluding carboxylic acids is 2. The molecule has 1 fully saturated rings. The Bertz CT molecular complexity index is 1650. The Balaban J connectivity index is 1.61. The Morgan fingerprint density at radius 2 is 1.37 bits per heavy atom. The molecular formula is C38H51N3O13. The molecule has 0 spiro atoms. The van der Waals surface area contributed by atoms with Gasteiger partial charge in [-0.05, 0) is 55.2 Å². The molecule has 3 aromatic carbocycles. The van der Waals surface area contributed by atoms with Crippen molar-refractivity contribution in [2.75, 3.05) is 26.4 Å². The maximum absolute atomic E-state index is 13.9. The summed E-state index contributed by atoms with van der Waals surface area (Å²) in [5.41, 5.74) is -1.37. The molecule has 3 aromatic rings. The molecule has 1 aliphatic heterocycles. The molecule has 4 rings (SSSR count). The van der Waals surface area contributed by atoms with Crippen LogP contribution < -0.4 is 15.4 Å². The number of hydrogen-bond donors (Lipinski definition) is 12. The number of aliphatic hydroxyl groups excluding tert-OH is 1. The van der Waals surface area contributed by atoms with Gasteiger partial charge >= 0.3 is 11.9 Å². The van der Waals surface area contributed by atoms with E-state index in [1.807, 2.05) is 44.2 Å². The number of aromatic hydroxyl groups is 3. The maximum atomic E-state index is 13.9. The number of hydrogen-bond acceptors (Lipinski definition) is 15. The highest BCUT2D eigenvalue weighted by Crippen LogP contribution is 2.52. The minimum Gasteiger partial charge on any atom is -0.504 e. The first-order valence-electron chi connectivity index (χ1n) is 17.7. The van der Waals surface area contributed by atoms with Crippen molar-refractivity contribution < 1.29 is 65.4 Å². The van der Waals surface area contributed by atoms with Gasteiger partial charge in [0.2, 0.25) is 11.7 Å². The molecule has 12 N–H and O–H groups in total. The molecule has 296 valence electrons. The third kappa shape index (κ3) is 11.1. The van der Waals surface area contributed by atoms with Crippen molar-refractivity contribution in [2.24, 2.45) is 11.8 Å². The van der Waals surface area contributed by atoms with Gasteiger partial charge in [0.1, 0.15) is 23.5 Å². The van der Waals surface area contributed by atoms with E-state index in [-0.39, 0.29) is 31.1 Å². The van der Waals surface area contributed by atoms with E-state index >= 15 is 0 Å². The van der Waals surface area contributed by atoms with Crippen LogP contribution in [-0.4, -0.2) is 112 Å². The molecule has 1 aliphatic rings. The van der Waals surface area contributed by atoms with Crippen LogP contribution in [0.3, 0.4) is 0 Å². The number of nitrogens with one attached hydrogen (secondary N) is 2. The lowest BCUT2D eigenvalue weighted by atomic mass is 9.85. The fraction of sp³-hybridized carbons (Fsp3) is 0.474. The molecule has 4 unspecified atom stereocenters. The maximum Gasteiger partial charge on any atom is 0.312 e. The van der Waals surface area contributed by atoms with Gasteiger partial charge < -0.3 is 66.4 Å². The second kappa shape index (κ2) is 18.3. The Morgan fingerprint density at radius 1 is 0.833 bits per heavy atom. The summed E-state index contributed by atoms with van der Waals surface area (Å²) in [4.78, 5) is 29.5. The molecule has 1 saturated heterocycles. The number of rotatable bonds is 18. The zero-order chi connectivity index (χ0) is 39.8. The SMILES string of the molecule is CC(C)C(C(=O)NC(Cc1ccccc1)CC(O)C(CC(=O)COc1c(C(O)(O)O)c(O)c(O)c(O)c1C(O)(O)O)Cc1ccccc1)N1CCCNC1. The molecule has 54 heavy (non-hydrogen) atoms. The van der Waals surface area contributed by atoms with Crippen molar-refractivity contribution in [1.29, 1.82) is 0 Å². The van der Waals surface area contributed by atoms with Gasteiger partial charge in [-0.15, -0.1) is 0 Å². The van der Waals surface area contributed by atoms with Crippen LogP contribution in [0.25, 0.3) is 0 Å². The van der Waals surface area contributed by atoms with Crippen LogP contribution >= 0.6 is 0 Å². The number of nitrogens with zero attached hydrogens (tertiary/aromatic N) is 1. The zero-order valence-electron chi connectivity index (χ0n) is 30.2. The number of phenolic OH excluding ortho intramolecular Hbond substituents is 3. The van der Waals surface area contributed by atoms with Gasteiger partial charge in [-0.1, -0.05) is 74.5 Å². The Morgan fingerprint density at radius 3 is 1.85 bits per heavy atom. The van der Waals surface area contributed by atoms with E-state index in [2.05, 4.69) is 15.5 Å². The van der Waals surface area contributed by atoms with Crippen molar-refractivity contribution in [3.63, 3.8) is 0 Å². The van der Waals surface area contributed by atoms with Gasteiger partial charge in [0.15, 0.2) is 17.3 Å². The third-order valence-electron chi connectivity index (χ3n) is 9.40. The van der Waals surface area contributed by atoms with E-state index in [1.54, 1.807) is 30.3 Å². The van der Waals surface area contributed by atoms with E-state index in [0.29, 0.717) is 13.1 Å². The molecule has 0 aliphatic carbocycles. The van der Waals surface area contributed by atoms with Crippen molar-refractivity contribution >= 4 is 11.7 Å². The van der Waals surface area contributed by atoms with Crippen molar-refractivity contribution in [1.82, 2.24) is 15.5 Å². The van der Waals surface area contributed by atoms with E-state index in [4.69, 9.17) is 4.74 Å². The summed E-state index contributed by atoms with van der Waals surface area (Å²) in [5, 5.41) is 108. The number of benzene rings is 3. The largest absolute Gasteiger partial charge is 0.504 e. The van der Waals surface area contributed by atoms with Gasteiger partial charge in [-0.3, -0.25) is 14.5 Å². The number of Topliss-reactive ketones (excluding diaryl/α,β-unsaturated/α-hetero) is 1. The topological polar surface area (TPSA) is 273 Å². The van der Waals surface area contributed by atoms with Crippen molar-refractivity contribution in [3.05, 3.63) is 82.9 Å². The smallest absolute Gasteiger partial charge is 0.312 e. The van der Waals surface area contributed by atoms with E-state index < -0.39 is 82.6 Å². The molecule has 0 radical (unpaired) electrons. The Hall–Kier alpha value is -4.36. The van der Waals surface area contributed by atoms with Crippen LogP contribution in [0.2, 0.25) is 0 Å². The molecule has 4 atom stereocenters. The average Bonchev–Trinajstić information content (AvgIpc) is 3.09. The second-order valence-electron chi connectivity index (χ2n) is 14.1. The minimum absolute atomic E-state index is 0.0191. The molecule has 16 heteroatoms. The van der Waals surface area contributed by atoms with E-state index in [9.17, 15) is 60.7 Å². The second-order valence-corrected chi connectivity index (χ2v) is 14.1. The Kier molecular flexibility index (Phi) is 14.4. The summed E-state index contributed by atoms with van der Waals surface area (Å²) < 4.78 is 5.26. The highest BCUT2D eigenvalue weighted by Gasteiger charge is 2.43. The molecule has 0 aromatic heterocycles. The predicted octanol–water partition coefficient (Wildman–Crippen LogP) is -0.0694. The number of amides is 1. The molecule has 0 bridgehead atoms. The van der Waals surface area contributed by atoms with Gasteiger partial charge in [0.25, 0.3) is 0 Å². The highest BCUT2D eigenvalue weighted by molar-refractivity contribution is 5.82. The summed E-state index contributed by atoms with van der Waals surface area (Å²) in [5.74, 6) is -15.9. The monoisotopic (exact) mass is 757 g/mol. The van der Waals surface area contributed by atoms with Gasteiger partial charge in [-0.25, -0.2) is 0 Å². The first-order chi connectivity index (χ1) is 25.4. The van der Waals surface area contributed by atoms with Crippen LogP contribution in [0.5, 0.6) is 23.0 Å². The van der Waals surface area contributed by atoms with Gasteiger partial charge in [-0.2, -0.15) is 0 Å². The van der Waals surface area contributed by atoms with Gasteiger partial charge in [0.05, 0.1) is 12.1 Å². The quantitative estimate of drug-likeness (QED) is 0.0598. The Labute approximate surface area is 312 Å². The lowest BCUT2D eigenvalue weighted by Crippen LogP contribution is -2.57. The summed E-state index contributed by atoms with van der Waals surface area (Å²) in [6, 6.07) is 17.4. The zero-order valence-corrected chi connectivity index (χ0v) is 30.2. The lowest BCUT2D eigenvalue weighted by Gasteiger charge is -2.37. The fourth-order valence-corrected chi connectivity index (χ4v) is 6.92. The molecule has 16 nitrogen and oxygen atoms in total. The molecular weight excluding hydrogens is 706 g/mol. The summed E-state index contributed by atoms with van der Waals surface area (Å²) in [6.07, 6.45) is -0.0933. The van der Waals surface area contributed by atoms with Crippen LogP contribution in [0, 0.1) is 11.8 Å². The normalized spacial score (nSPS) is 16.4. The van der Waals surface area contributed by atoms with Crippen molar-refractivity contribution in [2.45, 2.75) is 76.1 Å². The number of ether oxygens (including phenoxy) is 1. The third-order valence-corrected chi connectivity index (χ3v) is 9.40. The van der Waals surface area contributed by atoms with E-state index in [1.165, 1.54) is 0 Å². The van der Waals surface area contributed by atoms with Crippen LogP contribution in [-0.2, 0) is 34.4 Å². The first-order valence-corrected chi connectivity index (χ1v) is 17.7. The lowest BCUT2D eigenvalue weighted by molar-refractivity contribution is -0.329. The van der Waals surface area contributed by atoms with Crippen LogP contribution in [0.15, 0.2) is 60.7 Å². The first kappa shape index (κ1) is 42.4. The number of aliphatic hydroxyl groups is 7. The van der Waals surface area contributed by atoms with Crippen LogP contribution in [0.4, 0.5) is 0 Å². The van der Waals surface area contributed by atoms with Gasteiger partial charge in [0, 0.05) is 25.7 Å². The summed E-state index contributed by atoms with van der Waals surface area (Å²) >= 11 is 0. The summed E-state index contributed by atoms with van der Waals surface area (Å²) in [6.45, 7) is 5.06. The highest BCUT2D eigenvalue weighted by atomic mass is 16.7. The number of ketones is 1. The number of carbonyl (C=O) groups is 2. The standard InChI is InChI=1S/C38H51N3O13/c1-22(2)31(41-15-9-14-39-21-41)36(47)40-26(17-24-12-7-4-8-13-24)19-28(43)25(16-23-10-5-3-6-11-23)18-27(42)20-54-35-29(37(48,49)50)32(44)34(46)33(45)30(35)38(51,52)53/h3-8,10-13,22,25-26,28,31,39,43-46,48-53H,9,14-21H2,1-2H3,(H,40,47).